The molecule has 0 amide bonds. The van der Waals surface area contributed by atoms with Crippen LogP contribution in [0.1, 0.15) is 10.4 Å². The first-order valence-electron chi connectivity index (χ1n) is 5.82. The van der Waals surface area contributed by atoms with Crippen molar-refractivity contribution in [2.24, 2.45) is 0 Å². The van der Waals surface area contributed by atoms with E-state index in [-0.39, 0.29) is 29.1 Å². The van der Waals surface area contributed by atoms with Gasteiger partial charge in [-0.15, -0.1) is 0 Å². The number of aldehydes is 1. The van der Waals surface area contributed by atoms with Gasteiger partial charge in [0.1, 0.15) is 20.1 Å². The fraction of sp³-hybridized carbons (Fsp3) is 0.250. The molecule has 2 aromatic heterocycles. The standard InChI is InChI=1S/C12H11BrFN3O3S/c1-21(19,20)3-2-17-6-8(7-18)12(16-17)9-4-11(13)15-5-10(9)14/h4-7H,2-3H2,1H3. The van der Waals surface area contributed by atoms with E-state index in [9.17, 15) is 17.6 Å². The molecule has 0 bridgehead atoms. The third-order valence-corrected chi connectivity index (χ3v) is 4.04. The summed E-state index contributed by atoms with van der Waals surface area (Å²) in [5.74, 6) is -0.732. The summed E-state index contributed by atoms with van der Waals surface area (Å²) in [5.41, 5.74) is 0.455. The SMILES string of the molecule is CS(=O)(=O)CCn1cc(C=O)c(-c2cc(Br)ncc2F)n1. The Bertz CT molecular complexity index is 789. The zero-order valence-electron chi connectivity index (χ0n) is 11.0. The van der Waals surface area contributed by atoms with Crippen molar-refractivity contribution in [3.8, 4) is 11.3 Å². The molecule has 0 unspecified atom stereocenters. The summed E-state index contributed by atoms with van der Waals surface area (Å²) in [7, 11) is -3.15. The van der Waals surface area contributed by atoms with Crippen molar-refractivity contribution in [2.75, 3.05) is 12.0 Å². The van der Waals surface area contributed by atoms with Gasteiger partial charge in [0.15, 0.2) is 12.1 Å². The largest absolute Gasteiger partial charge is 0.298 e. The molecule has 0 saturated heterocycles. The minimum absolute atomic E-state index is 0.0908. The van der Waals surface area contributed by atoms with E-state index >= 15 is 0 Å². The maximum Gasteiger partial charge on any atom is 0.153 e. The average Bonchev–Trinajstić information content (AvgIpc) is 2.81. The van der Waals surface area contributed by atoms with Crippen LogP contribution < -0.4 is 0 Å². The van der Waals surface area contributed by atoms with Gasteiger partial charge >= 0.3 is 0 Å². The summed E-state index contributed by atoms with van der Waals surface area (Å²) in [4.78, 5) is 14.8. The molecule has 0 aromatic carbocycles. The van der Waals surface area contributed by atoms with Crippen LogP contribution in [0.4, 0.5) is 4.39 Å². The number of carbonyl (C=O) groups excluding carboxylic acids is 1. The van der Waals surface area contributed by atoms with E-state index < -0.39 is 15.7 Å². The van der Waals surface area contributed by atoms with Crippen LogP contribution in [0.3, 0.4) is 0 Å². The molecule has 0 radical (unpaired) electrons. The number of hydrogen-bond donors (Lipinski definition) is 0. The lowest BCUT2D eigenvalue weighted by molar-refractivity contribution is 0.112. The number of aryl methyl sites for hydroxylation is 1. The van der Waals surface area contributed by atoms with Crippen molar-refractivity contribution in [1.82, 2.24) is 14.8 Å². The van der Waals surface area contributed by atoms with E-state index in [1.807, 2.05) is 0 Å². The number of carbonyl (C=O) groups is 1. The van der Waals surface area contributed by atoms with Crippen molar-refractivity contribution in [1.29, 1.82) is 0 Å². The van der Waals surface area contributed by atoms with Gasteiger partial charge in [0.25, 0.3) is 0 Å². The van der Waals surface area contributed by atoms with Crippen molar-refractivity contribution < 1.29 is 17.6 Å². The number of nitrogens with zero attached hydrogens (tertiary/aromatic N) is 3. The zero-order chi connectivity index (χ0) is 15.6. The first-order chi connectivity index (χ1) is 9.80. The molecule has 2 rings (SSSR count). The third-order valence-electron chi connectivity index (χ3n) is 2.69. The Morgan fingerprint density at radius 1 is 1.48 bits per heavy atom. The van der Waals surface area contributed by atoms with Crippen molar-refractivity contribution >= 4 is 32.1 Å². The molecule has 0 spiro atoms. The van der Waals surface area contributed by atoms with E-state index in [4.69, 9.17) is 0 Å². The molecule has 0 saturated carbocycles. The second-order valence-electron chi connectivity index (χ2n) is 4.43. The number of sulfone groups is 1. The van der Waals surface area contributed by atoms with Crippen LogP contribution in [0.2, 0.25) is 0 Å². The Morgan fingerprint density at radius 3 is 2.81 bits per heavy atom. The Labute approximate surface area is 129 Å². The molecule has 2 aromatic rings. The fourth-order valence-electron chi connectivity index (χ4n) is 1.70. The number of rotatable bonds is 5. The molecule has 0 atom stereocenters. The van der Waals surface area contributed by atoms with Crippen LogP contribution in [0.15, 0.2) is 23.1 Å². The average molecular weight is 376 g/mol. The summed E-state index contributed by atoms with van der Waals surface area (Å²) in [6.45, 7) is 0.0908. The van der Waals surface area contributed by atoms with Gasteiger partial charge in [-0.3, -0.25) is 9.48 Å². The minimum Gasteiger partial charge on any atom is -0.298 e. The molecule has 2 heterocycles. The number of halogens is 2. The molecule has 21 heavy (non-hydrogen) atoms. The first-order valence-corrected chi connectivity index (χ1v) is 8.67. The van der Waals surface area contributed by atoms with Crippen LogP contribution in [0.5, 0.6) is 0 Å². The van der Waals surface area contributed by atoms with Gasteiger partial charge in [-0.2, -0.15) is 5.10 Å². The van der Waals surface area contributed by atoms with Gasteiger partial charge in [-0.05, 0) is 22.0 Å². The third kappa shape index (κ3) is 3.94. The molecule has 0 aliphatic carbocycles. The summed E-state index contributed by atoms with van der Waals surface area (Å²) < 4.78 is 37.8. The Kier molecular flexibility index (Phi) is 4.52. The highest BCUT2D eigenvalue weighted by Gasteiger charge is 2.16. The van der Waals surface area contributed by atoms with Gasteiger partial charge in [-0.25, -0.2) is 17.8 Å². The summed E-state index contributed by atoms with van der Waals surface area (Å²) in [6, 6.07) is 1.41. The molecule has 0 fully saturated rings. The minimum atomic E-state index is -3.15. The second-order valence-corrected chi connectivity index (χ2v) is 7.50. The highest BCUT2D eigenvalue weighted by atomic mass is 79.9. The smallest absolute Gasteiger partial charge is 0.153 e. The molecule has 0 N–H and O–H groups in total. The molecule has 0 aliphatic heterocycles. The number of hydrogen-bond acceptors (Lipinski definition) is 5. The number of aromatic nitrogens is 3. The van der Waals surface area contributed by atoms with Crippen molar-refractivity contribution in [3.05, 3.63) is 34.4 Å². The monoisotopic (exact) mass is 375 g/mol. The number of pyridine rings is 1. The van der Waals surface area contributed by atoms with Crippen LogP contribution in [0, 0.1) is 5.82 Å². The van der Waals surface area contributed by atoms with Gasteiger partial charge in [0, 0.05) is 18.0 Å². The lowest BCUT2D eigenvalue weighted by Gasteiger charge is -2.01. The van der Waals surface area contributed by atoms with E-state index in [2.05, 4.69) is 26.0 Å². The predicted octanol–water partition coefficient (Wildman–Crippen LogP) is 1.70. The van der Waals surface area contributed by atoms with Crippen LogP contribution in [-0.2, 0) is 16.4 Å². The van der Waals surface area contributed by atoms with Gasteiger partial charge in [0.2, 0.25) is 0 Å². The van der Waals surface area contributed by atoms with E-state index in [1.54, 1.807) is 0 Å². The summed E-state index contributed by atoms with van der Waals surface area (Å²) in [6.07, 6.45) is 4.07. The van der Waals surface area contributed by atoms with Gasteiger partial charge in [-0.1, -0.05) is 0 Å². The van der Waals surface area contributed by atoms with Crippen LogP contribution in [0.25, 0.3) is 11.3 Å². The molecule has 6 nitrogen and oxygen atoms in total. The van der Waals surface area contributed by atoms with Crippen molar-refractivity contribution in [3.63, 3.8) is 0 Å². The Balaban J connectivity index is 2.42. The zero-order valence-corrected chi connectivity index (χ0v) is 13.4. The van der Waals surface area contributed by atoms with E-state index in [0.717, 1.165) is 12.5 Å². The maximum atomic E-state index is 13.8. The van der Waals surface area contributed by atoms with Crippen molar-refractivity contribution in [2.45, 2.75) is 6.54 Å². The quantitative estimate of drug-likeness (QED) is 0.586. The molecule has 0 aliphatic rings. The highest BCUT2D eigenvalue weighted by Crippen LogP contribution is 2.25. The Morgan fingerprint density at radius 2 is 2.19 bits per heavy atom. The van der Waals surface area contributed by atoms with Gasteiger partial charge in [0.05, 0.1) is 24.1 Å². The molecule has 112 valence electrons. The van der Waals surface area contributed by atoms with Gasteiger partial charge < -0.3 is 0 Å². The second kappa shape index (κ2) is 6.02. The molecule has 9 heteroatoms. The maximum absolute atomic E-state index is 13.8. The van der Waals surface area contributed by atoms with E-state index in [0.29, 0.717) is 10.9 Å². The van der Waals surface area contributed by atoms with E-state index in [1.165, 1.54) is 16.9 Å². The topological polar surface area (TPSA) is 81.9 Å². The van der Waals surface area contributed by atoms with Crippen LogP contribution >= 0.6 is 15.9 Å². The summed E-state index contributed by atoms with van der Waals surface area (Å²) in [5, 5.41) is 4.09. The highest BCUT2D eigenvalue weighted by molar-refractivity contribution is 9.10. The Hall–Kier alpha value is -1.61. The molecular weight excluding hydrogens is 365 g/mol. The lowest BCUT2D eigenvalue weighted by Crippen LogP contribution is -2.11. The lowest BCUT2D eigenvalue weighted by atomic mass is 10.1. The summed E-state index contributed by atoms with van der Waals surface area (Å²) >= 11 is 3.12. The predicted molar refractivity (Wildman–Crippen MR) is 78.2 cm³/mol. The normalized spacial score (nSPS) is 11.6. The first kappa shape index (κ1) is 15.8. The molecular formula is C12H11BrFN3O3S. The fourth-order valence-corrected chi connectivity index (χ4v) is 2.55. The van der Waals surface area contributed by atoms with Crippen LogP contribution in [-0.4, -0.2) is 41.5 Å².